The highest BCUT2D eigenvalue weighted by Crippen LogP contribution is 2.37. The van der Waals surface area contributed by atoms with Crippen molar-refractivity contribution in [1.82, 2.24) is 10.2 Å². The first-order valence-corrected chi connectivity index (χ1v) is 12.7. The van der Waals surface area contributed by atoms with E-state index in [0.717, 1.165) is 12.8 Å². The summed E-state index contributed by atoms with van der Waals surface area (Å²) in [5, 5.41) is 32.6. The second kappa shape index (κ2) is 12.9. The third-order valence-electron chi connectivity index (χ3n) is 6.17. The summed E-state index contributed by atoms with van der Waals surface area (Å²) in [7, 11) is 1.47. The molecule has 11 heteroatoms. The minimum Gasteiger partial charge on any atom is -0.493 e. The Hall–Kier alpha value is -1.93. The molecule has 10 nitrogen and oxygen atoms in total. The molecule has 1 aromatic carbocycles. The van der Waals surface area contributed by atoms with E-state index in [2.05, 4.69) is 27.9 Å². The van der Waals surface area contributed by atoms with Crippen LogP contribution in [0.1, 0.15) is 31.7 Å². The highest BCUT2D eigenvalue weighted by atomic mass is 127. The van der Waals surface area contributed by atoms with Gasteiger partial charge in [-0.1, -0.05) is 0 Å². The van der Waals surface area contributed by atoms with Crippen LogP contribution in [0.2, 0.25) is 0 Å². The summed E-state index contributed by atoms with van der Waals surface area (Å²) in [6, 6.07) is 2.66. The fraction of sp³-hybridized carbons (Fsp3) is 0.583. The molecule has 1 aromatic rings. The lowest BCUT2D eigenvalue weighted by molar-refractivity contribution is -0.138. The van der Waals surface area contributed by atoms with E-state index in [-0.39, 0.29) is 38.2 Å². The van der Waals surface area contributed by atoms with Crippen LogP contribution in [0.3, 0.4) is 0 Å². The average Bonchev–Trinajstić information content (AvgIpc) is 3.36. The van der Waals surface area contributed by atoms with Crippen molar-refractivity contribution in [2.45, 2.75) is 57.1 Å². The molecule has 1 heterocycles. The SMILES string of the molecule is COc1cc(CO)cc(I)c1O[C@H]1C=C(C(=O)NCCO)C[C@@H](N(C[C@@H]2CCCO2)C(C)=O)[C@@H]1O. The summed E-state index contributed by atoms with van der Waals surface area (Å²) in [6.45, 7) is 2.06. The van der Waals surface area contributed by atoms with Crippen LogP contribution in [0.5, 0.6) is 11.5 Å². The number of hydrogen-bond acceptors (Lipinski definition) is 8. The minimum absolute atomic E-state index is 0.0790. The van der Waals surface area contributed by atoms with Crippen LogP contribution in [-0.4, -0.2) is 89.8 Å². The van der Waals surface area contributed by atoms with Gasteiger partial charge >= 0.3 is 0 Å². The zero-order valence-electron chi connectivity index (χ0n) is 19.9. The van der Waals surface area contributed by atoms with E-state index in [9.17, 15) is 19.8 Å². The molecule has 0 spiro atoms. The van der Waals surface area contributed by atoms with Gasteiger partial charge in [-0.3, -0.25) is 9.59 Å². The van der Waals surface area contributed by atoms with Gasteiger partial charge in [0.1, 0.15) is 12.2 Å². The number of nitrogens with zero attached hydrogens (tertiary/aromatic N) is 1. The van der Waals surface area contributed by atoms with Gasteiger partial charge in [0.05, 0.1) is 36.0 Å². The van der Waals surface area contributed by atoms with Crippen molar-refractivity contribution in [3.8, 4) is 11.5 Å². The molecule has 1 aliphatic carbocycles. The lowest BCUT2D eigenvalue weighted by Gasteiger charge is -2.41. The van der Waals surface area contributed by atoms with Gasteiger partial charge in [0, 0.05) is 38.6 Å². The van der Waals surface area contributed by atoms with Crippen molar-refractivity contribution in [1.29, 1.82) is 0 Å². The summed E-state index contributed by atoms with van der Waals surface area (Å²) in [5.74, 6) is 0.0924. The predicted molar refractivity (Wildman–Crippen MR) is 135 cm³/mol. The Bertz CT molecular complexity index is 934. The molecule has 4 N–H and O–H groups in total. The molecule has 0 saturated carbocycles. The highest BCUT2D eigenvalue weighted by Gasteiger charge is 2.41. The number of benzene rings is 1. The van der Waals surface area contributed by atoms with E-state index in [1.807, 2.05) is 0 Å². The van der Waals surface area contributed by atoms with Crippen LogP contribution in [-0.2, 0) is 20.9 Å². The van der Waals surface area contributed by atoms with E-state index in [1.54, 1.807) is 23.1 Å². The molecule has 194 valence electrons. The van der Waals surface area contributed by atoms with Crippen LogP contribution >= 0.6 is 22.6 Å². The zero-order chi connectivity index (χ0) is 25.5. The average molecular weight is 604 g/mol. The van der Waals surface area contributed by atoms with E-state index in [0.29, 0.717) is 39.4 Å². The summed E-state index contributed by atoms with van der Waals surface area (Å²) in [5.41, 5.74) is 0.984. The first-order valence-electron chi connectivity index (χ1n) is 11.6. The molecule has 0 radical (unpaired) electrons. The van der Waals surface area contributed by atoms with Gasteiger partial charge in [0.15, 0.2) is 11.5 Å². The third kappa shape index (κ3) is 6.85. The number of carbonyl (C=O) groups excluding carboxylic acids is 2. The number of methoxy groups -OCH3 is 1. The topological polar surface area (TPSA) is 138 Å². The van der Waals surface area contributed by atoms with Gasteiger partial charge < -0.3 is 39.7 Å². The maximum Gasteiger partial charge on any atom is 0.247 e. The number of aliphatic hydroxyl groups is 3. The fourth-order valence-electron chi connectivity index (χ4n) is 4.40. The van der Waals surface area contributed by atoms with E-state index >= 15 is 0 Å². The molecule has 1 saturated heterocycles. The number of amides is 2. The van der Waals surface area contributed by atoms with Crippen LogP contribution in [0.4, 0.5) is 0 Å². The maximum absolute atomic E-state index is 12.8. The van der Waals surface area contributed by atoms with Crippen LogP contribution in [0, 0.1) is 3.57 Å². The van der Waals surface area contributed by atoms with E-state index < -0.39 is 24.2 Å². The quantitative estimate of drug-likeness (QED) is 0.287. The van der Waals surface area contributed by atoms with Gasteiger partial charge in [-0.2, -0.15) is 0 Å². The van der Waals surface area contributed by atoms with Crippen molar-refractivity contribution >= 4 is 34.4 Å². The predicted octanol–water partition coefficient (Wildman–Crippen LogP) is 0.735. The van der Waals surface area contributed by atoms with Gasteiger partial charge in [-0.25, -0.2) is 0 Å². The second-order valence-electron chi connectivity index (χ2n) is 8.59. The highest BCUT2D eigenvalue weighted by molar-refractivity contribution is 14.1. The third-order valence-corrected chi connectivity index (χ3v) is 6.97. The van der Waals surface area contributed by atoms with Gasteiger partial charge in [0.25, 0.3) is 0 Å². The summed E-state index contributed by atoms with van der Waals surface area (Å²) in [6.07, 6.45) is 1.18. The molecular formula is C24H33IN2O8. The molecule has 2 aliphatic rings. The number of nitrogens with one attached hydrogen (secondary N) is 1. The monoisotopic (exact) mass is 604 g/mol. The normalized spacial score (nSPS) is 24.0. The van der Waals surface area contributed by atoms with Crippen molar-refractivity contribution in [3.63, 3.8) is 0 Å². The number of rotatable bonds is 10. The smallest absolute Gasteiger partial charge is 0.247 e. The number of carbonyl (C=O) groups is 2. The minimum atomic E-state index is -1.13. The standard InChI is InChI=1S/C24H33IN2O8/c1-14(30)27(12-17-4-3-7-34-17)19-10-16(24(32)26-5-6-28)11-20(22(19)31)35-23-18(25)8-15(13-29)9-21(23)33-2/h8-9,11,17,19-20,22,28-29,31H,3-7,10,12-13H2,1-2H3,(H,26,32)/t17-,19+,20-,22-/m0/s1. The Kier molecular flexibility index (Phi) is 10.2. The fourth-order valence-corrected chi connectivity index (χ4v) is 5.19. The molecule has 0 unspecified atom stereocenters. The number of hydrogen-bond donors (Lipinski definition) is 4. The Morgan fingerprint density at radius 3 is 2.69 bits per heavy atom. The first-order chi connectivity index (χ1) is 16.8. The van der Waals surface area contributed by atoms with Crippen molar-refractivity contribution < 1.29 is 39.1 Å². The largest absolute Gasteiger partial charge is 0.493 e. The van der Waals surface area contributed by atoms with Gasteiger partial charge in [-0.15, -0.1) is 0 Å². The molecule has 1 aliphatic heterocycles. The number of ether oxygens (including phenoxy) is 3. The van der Waals surface area contributed by atoms with E-state index in [4.69, 9.17) is 19.3 Å². The Balaban J connectivity index is 1.95. The van der Waals surface area contributed by atoms with Crippen molar-refractivity contribution in [2.24, 2.45) is 0 Å². The number of aliphatic hydroxyl groups excluding tert-OH is 3. The van der Waals surface area contributed by atoms with Crippen LogP contribution < -0.4 is 14.8 Å². The molecule has 0 bridgehead atoms. The van der Waals surface area contributed by atoms with E-state index in [1.165, 1.54) is 14.0 Å². The van der Waals surface area contributed by atoms with Gasteiger partial charge in [-0.05, 0) is 59.2 Å². The maximum atomic E-state index is 12.8. The molecule has 0 aromatic heterocycles. The molecular weight excluding hydrogens is 571 g/mol. The van der Waals surface area contributed by atoms with Crippen LogP contribution in [0.25, 0.3) is 0 Å². The molecule has 1 fully saturated rings. The Labute approximate surface area is 218 Å². The molecule has 35 heavy (non-hydrogen) atoms. The Morgan fingerprint density at radius 1 is 1.31 bits per heavy atom. The molecule has 2 amide bonds. The second-order valence-corrected chi connectivity index (χ2v) is 9.75. The number of halogens is 1. The Morgan fingerprint density at radius 2 is 2.09 bits per heavy atom. The first kappa shape index (κ1) is 27.7. The molecule has 3 rings (SSSR count). The summed E-state index contributed by atoms with van der Waals surface area (Å²) >= 11 is 2.05. The zero-order valence-corrected chi connectivity index (χ0v) is 22.1. The molecule has 4 atom stereocenters. The summed E-state index contributed by atoms with van der Waals surface area (Å²) in [4.78, 5) is 27.0. The van der Waals surface area contributed by atoms with Crippen molar-refractivity contribution in [3.05, 3.63) is 32.9 Å². The van der Waals surface area contributed by atoms with Crippen LogP contribution in [0.15, 0.2) is 23.8 Å². The lowest BCUT2D eigenvalue weighted by atomic mass is 9.88. The van der Waals surface area contributed by atoms with Gasteiger partial charge in [0.2, 0.25) is 11.8 Å². The summed E-state index contributed by atoms with van der Waals surface area (Å²) < 4.78 is 18.0. The van der Waals surface area contributed by atoms with Crippen molar-refractivity contribution in [2.75, 3.05) is 33.4 Å². The lowest BCUT2D eigenvalue weighted by Crippen LogP contribution is -2.56.